The van der Waals surface area contributed by atoms with Crippen molar-refractivity contribution in [3.05, 3.63) is 99.4 Å². The number of para-hydroxylation sites is 1. The van der Waals surface area contributed by atoms with E-state index in [9.17, 15) is 18.8 Å². The number of halogens is 3. The first-order valence-corrected chi connectivity index (χ1v) is 10.5. The Hall–Kier alpha value is -3.49. The first-order chi connectivity index (χ1) is 15.3. The molecule has 0 spiro atoms. The van der Waals surface area contributed by atoms with Gasteiger partial charge in [-0.2, -0.15) is 0 Å². The van der Waals surface area contributed by atoms with Crippen molar-refractivity contribution < 1.29 is 18.8 Å². The summed E-state index contributed by atoms with van der Waals surface area (Å²) in [4.78, 5) is 38.6. The fraction of sp³-hybridized carbons (Fsp3) is 0. The van der Waals surface area contributed by atoms with Crippen LogP contribution in [0.1, 0.15) is 10.4 Å². The van der Waals surface area contributed by atoms with Crippen LogP contribution in [-0.2, 0) is 9.59 Å². The van der Waals surface area contributed by atoms with Crippen molar-refractivity contribution in [1.82, 2.24) is 0 Å². The highest BCUT2D eigenvalue weighted by atomic mass is 79.9. The Bertz CT molecular complexity index is 1280. The van der Waals surface area contributed by atoms with E-state index in [1.54, 1.807) is 42.5 Å². The van der Waals surface area contributed by atoms with Gasteiger partial charge in [0.15, 0.2) is 0 Å². The van der Waals surface area contributed by atoms with Crippen molar-refractivity contribution in [2.24, 2.45) is 0 Å². The third kappa shape index (κ3) is 4.28. The normalized spacial score (nSPS) is 13.5. The van der Waals surface area contributed by atoms with Gasteiger partial charge in [-0.15, -0.1) is 0 Å². The summed E-state index contributed by atoms with van der Waals surface area (Å²) in [5, 5.41) is 5.18. The van der Waals surface area contributed by atoms with Crippen LogP contribution in [0.3, 0.4) is 0 Å². The van der Waals surface area contributed by atoms with Crippen LogP contribution in [0.2, 0.25) is 0 Å². The molecule has 0 saturated carbocycles. The van der Waals surface area contributed by atoms with E-state index in [2.05, 4.69) is 26.6 Å². The van der Waals surface area contributed by atoms with Crippen molar-refractivity contribution in [2.75, 3.05) is 15.5 Å². The van der Waals surface area contributed by atoms with Crippen molar-refractivity contribution in [3.63, 3.8) is 0 Å². The van der Waals surface area contributed by atoms with Gasteiger partial charge in [0.1, 0.15) is 16.5 Å². The number of nitrogens with one attached hydrogen (secondary N) is 2. The van der Waals surface area contributed by atoms with Crippen molar-refractivity contribution in [3.8, 4) is 0 Å². The van der Waals surface area contributed by atoms with E-state index in [0.29, 0.717) is 21.8 Å². The third-order valence-corrected chi connectivity index (χ3v) is 5.50. The van der Waals surface area contributed by atoms with Gasteiger partial charge < -0.3 is 10.6 Å². The number of nitrogens with zero attached hydrogens (tertiary/aromatic N) is 1. The number of benzene rings is 3. The molecular formula is C23H14BrClFN3O3. The Labute approximate surface area is 195 Å². The summed E-state index contributed by atoms with van der Waals surface area (Å²) in [6.45, 7) is 0. The Morgan fingerprint density at radius 2 is 1.62 bits per heavy atom. The Balaban J connectivity index is 1.55. The lowest BCUT2D eigenvalue weighted by molar-refractivity contribution is -0.120. The molecule has 0 fully saturated rings. The summed E-state index contributed by atoms with van der Waals surface area (Å²) < 4.78 is 15.0. The summed E-state index contributed by atoms with van der Waals surface area (Å²) in [6, 6.07) is 18.8. The first-order valence-electron chi connectivity index (χ1n) is 9.32. The molecule has 9 heteroatoms. The number of anilines is 3. The lowest BCUT2D eigenvalue weighted by Gasteiger charge is -2.15. The predicted molar refractivity (Wildman–Crippen MR) is 124 cm³/mol. The molecule has 4 rings (SSSR count). The van der Waals surface area contributed by atoms with Crippen LogP contribution in [0.25, 0.3) is 0 Å². The standard InChI is InChI=1S/C23H14BrClFN3O3/c24-14-8-10-15(11-9-14)28-21(30)13-4-3-5-16(12-13)27-20-19(25)22(31)29(23(20)32)18-7-2-1-6-17(18)26/h1-12,27H,(H,28,30). The molecule has 0 saturated heterocycles. The van der Waals surface area contributed by atoms with Crippen LogP contribution < -0.4 is 15.5 Å². The molecule has 0 bridgehead atoms. The van der Waals surface area contributed by atoms with E-state index in [1.807, 2.05) is 0 Å². The van der Waals surface area contributed by atoms with Crippen LogP contribution in [-0.4, -0.2) is 17.7 Å². The molecule has 0 unspecified atom stereocenters. The van der Waals surface area contributed by atoms with Gasteiger partial charge in [0.25, 0.3) is 17.7 Å². The molecule has 2 N–H and O–H groups in total. The van der Waals surface area contributed by atoms with E-state index in [4.69, 9.17) is 11.6 Å². The molecule has 160 valence electrons. The first kappa shape index (κ1) is 21.7. The average Bonchev–Trinajstić information content (AvgIpc) is 2.99. The minimum atomic E-state index is -0.839. The van der Waals surface area contributed by atoms with E-state index >= 15 is 0 Å². The highest BCUT2D eigenvalue weighted by Gasteiger charge is 2.40. The molecule has 3 aromatic rings. The van der Waals surface area contributed by atoms with Crippen molar-refractivity contribution in [2.45, 2.75) is 0 Å². The molecular weight excluding hydrogens is 501 g/mol. The smallest absolute Gasteiger partial charge is 0.283 e. The molecule has 0 aliphatic carbocycles. The highest BCUT2D eigenvalue weighted by Crippen LogP contribution is 2.31. The summed E-state index contributed by atoms with van der Waals surface area (Å²) in [7, 11) is 0. The maximum absolute atomic E-state index is 14.1. The van der Waals surface area contributed by atoms with Gasteiger partial charge in [-0.05, 0) is 54.6 Å². The second kappa shape index (κ2) is 8.94. The lowest BCUT2D eigenvalue weighted by Crippen LogP contribution is -2.33. The molecule has 32 heavy (non-hydrogen) atoms. The monoisotopic (exact) mass is 513 g/mol. The summed E-state index contributed by atoms with van der Waals surface area (Å²) >= 11 is 9.43. The average molecular weight is 515 g/mol. The van der Waals surface area contributed by atoms with Crippen molar-refractivity contribution >= 4 is 62.3 Å². The fourth-order valence-electron chi connectivity index (χ4n) is 3.08. The van der Waals surface area contributed by atoms with Crippen LogP contribution in [0.4, 0.5) is 21.5 Å². The minimum absolute atomic E-state index is 0.194. The largest absolute Gasteiger partial charge is 0.350 e. The summed E-state index contributed by atoms with van der Waals surface area (Å²) in [6.07, 6.45) is 0. The van der Waals surface area contributed by atoms with E-state index < -0.39 is 17.6 Å². The number of hydrogen-bond acceptors (Lipinski definition) is 4. The van der Waals surface area contributed by atoms with E-state index in [0.717, 1.165) is 10.5 Å². The maximum atomic E-state index is 14.1. The van der Waals surface area contributed by atoms with Gasteiger partial charge in [0.05, 0.1) is 5.69 Å². The molecule has 1 heterocycles. The molecule has 3 aromatic carbocycles. The second-order valence-electron chi connectivity index (χ2n) is 6.75. The number of hydrogen-bond donors (Lipinski definition) is 2. The van der Waals surface area contributed by atoms with Crippen LogP contribution in [0.15, 0.2) is 88.0 Å². The second-order valence-corrected chi connectivity index (χ2v) is 8.05. The quantitative estimate of drug-likeness (QED) is 0.454. The Morgan fingerprint density at radius 3 is 2.34 bits per heavy atom. The Morgan fingerprint density at radius 1 is 0.906 bits per heavy atom. The zero-order valence-corrected chi connectivity index (χ0v) is 18.6. The number of carbonyl (C=O) groups is 3. The molecule has 0 atom stereocenters. The van der Waals surface area contributed by atoms with Crippen LogP contribution in [0.5, 0.6) is 0 Å². The van der Waals surface area contributed by atoms with Crippen molar-refractivity contribution in [1.29, 1.82) is 0 Å². The fourth-order valence-corrected chi connectivity index (χ4v) is 3.56. The van der Waals surface area contributed by atoms with Gasteiger partial charge in [0, 0.05) is 21.4 Å². The van der Waals surface area contributed by atoms with Gasteiger partial charge >= 0.3 is 0 Å². The Kier molecular flexibility index (Phi) is 6.07. The van der Waals surface area contributed by atoms with Gasteiger partial charge in [-0.3, -0.25) is 14.4 Å². The van der Waals surface area contributed by atoms with Gasteiger partial charge in [-0.1, -0.05) is 45.7 Å². The maximum Gasteiger partial charge on any atom is 0.283 e. The van der Waals surface area contributed by atoms with E-state index in [1.165, 1.54) is 24.3 Å². The number of amides is 3. The topological polar surface area (TPSA) is 78.5 Å². The third-order valence-electron chi connectivity index (χ3n) is 4.62. The summed E-state index contributed by atoms with van der Waals surface area (Å²) in [5.41, 5.74) is 0.889. The molecule has 1 aliphatic rings. The molecule has 6 nitrogen and oxygen atoms in total. The SMILES string of the molecule is O=C(Nc1ccc(Br)cc1)c1cccc(NC2=C(Cl)C(=O)N(c3ccccc3F)C2=O)c1. The number of carbonyl (C=O) groups excluding carboxylic acids is 3. The zero-order chi connectivity index (χ0) is 22.8. The van der Waals surface area contributed by atoms with Gasteiger partial charge in [-0.25, -0.2) is 9.29 Å². The predicted octanol–water partition coefficient (Wildman–Crippen LogP) is 5.28. The van der Waals surface area contributed by atoms with Gasteiger partial charge in [0.2, 0.25) is 0 Å². The number of imide groups is 1. The minimum Gasteiger partial charge on any atom is -0.350 e. The lowest BCUT2D eigenvalue weighted by atomic mass is 10.1. The molecule has 1 aliphatic heterocycles. The molecule has 3 amide bonds. The zero-order valence-electron chi connectivity index (χ0n) is 16.2. The van der Waals surface area contributed by atoms with Crippen LogP contribution >= 0.6 is 27.5 Å². The van der Waals surface area contributed by atoms with Crippen LogP contribution in [0, 0.1) is 5.82 Å². The molecule has 0 radical (unpaired) electrons. The highest BCUT2D eigenvalue weighted by molar-refractivity contribution is 9.10. The summed E-state index contributed by atoms with van der Waals surface area (Å²) in [5.74, 6) is -2.73. The number of rotatable bonds is 5. The molecule has 0 aromatic heterocycles. The van der Waals surface area contributed by atoms with E-state index in [-0.39, 0.29) is 22.3 Å².